The van der Waals surface area contributed by atoms with Gasteiger partial charge in [-0.1, -0.05) is 50.3 Å². The minimum atomic E-state index is -1.12. The number of hydrogen-bond donors (Lipinski definition) is 6. The normalized spacial score (nSPS) is 17.3. The zero-order valence-electron chi connectivity index (χ0n) is 26.0. The van der Waals surface area contributed by atoms with Crippen LogP contribution in [0.4, 0.5) is 4.79 Å². The molecule has 1 aromatic rings. The highest BCUT2D eigenvalue weighted by Crippen LogP contribution is 2.17. The van der Waals surface area contributed by atoms with E-state index in [2.05, 4.69) is 26.6 Å². The fourth-order valence-corrected chi connectivity index (χ4v) is 4.56. The zero-order valence-corrected chi connectivity index (χ0v) is 26.0. The molecule has 5 atom stereocenters. The molecule has 0 saturated carbocycles. The number of carbonyl (C=O) groups is 5. The molecule has 6 N–H and O–H groups in total. The fraction of sp³-hybridized carbons (Fsp3) is 0.581. The Morgan fingerprint density at radius 3 is 2.32 bits per heavy atom. The number of rotatable bonds is 18. The number of alkyl carbamates (subject to hydrolysis) is 1. The number of ether oxygens (including phenoxy) is 2. The quantitative estimate of drug-likeness (QED) is 0.103. The van der Waals surface area contributed by atoms with Gasteiger partial charge < -0.3 is 41.2 Å². The summed E-state index contributed by atoms with van der Waals surface area (Å²) in [7, 11) is 0. The van der Waals surface area contributed by atoms with E-state index < -0.39 is 48.1 Å². The zero-order chi connectivity index (χ0) is 32.5. The summed E-state index contributed by atoms with van der Waals surface area (Å²) in [6.07, 6.45) is 2.33. The van der Waals surface area contributed by atoms with Crippen LogP contribution in [0.3, 0.4) is 0 Å². The summed E-state index contributed by atoms with van der Waals surface area (Å²) in [6, 6.07) is 6.27. The number of nitrogens with one attached hydrogen (secondary N) is 5. The molecule has 0 unspecified atom stereocenters. The van der Waals surface area contributed by atoms with Crippen LogP contribution in [0.1, 0.15) is 52.5 Å². The highest BCUT2D eigenvalue weighted by Gasteiger charge is 2.31. The molecule has 1 heterocycles. The van der Waals surface area contributed by atoms with Gasteiger partial charge in [0.25, 0.3) is 0 Å². The third-order valence-electron chi connectivity index (χ3n) is 6.73. The molecule has 0 radical (unpaired) electrons. The molecule has 13 heteroatoms. The number of benzene rings is 1. The van der Waals surface area contributed by atoms with E-state index in [0.717, 1.165) is 5.56 Å². The number of esters is 1. The molecule has 4 amide bonds. The molecule has 0 aliphatic carbocycles. The van der Waals surface area contributed by atoms with Crippen LogP contribution in [0.5, 0.6) is 0 Å². The Kier molecular flexibility index (Phi) is 15.9. The highest BCUT2D eigenvalue weighted by molar-refractivity contribution is 5.92. The summed E-state index contributed by atoms with van der Waals surface area (Å²) < 4.78 is 10.2. The van der Waals surface area contributed by atoms with Gasteiger partial charge in [-0.2, -0.15) is 0 Å². The lowest BCUT2D eigenvalue weighted by atomic mass is 9.97. The minimum absolute atomic E-state index is 0.000216. The van der Waals surface area contributed by atoms with E-state index in [9.17, 15) is 29.1 Å². The van der Waals surface area contributed by atoms with Crippen molar-refractivity contribution in [1.29, 1.82) is 0 Å². The van der Waals surface area contributed by atoms with E-state index in [1.165, 1.54) is 12.2 Å². The van der Waals surface area contributed by atoms with Crippen LogP contribution in [0, 0.1) is 11.8 Å². The summed E-state index contributed by atoms with van der Waals surface area (Å²) in [5.74, 6) is -2.18. The molecule has 13 nitrogen and oxygen atoms in total. The van der Waals surface area contributed by atoms with Crippen molar-refractivity contribution < 1.29 is 38.6 Å². The van der Waals surface area contributed by atoms with E-state index in [1.54, 1.807) is 26.0 Å². The summed E-state index contributed by atoms with van der Waals surface area (Å²) >= 11 is 0. The van der Waals surface area contributed by atoms with Crippen LogP contribution in [-0.2, 0) is 35.3 Å². The van der Waals surface area contributed by atoms with Gasteiger partial charge in [-0.3, -0.25) is 14.4 Å². The molecular weight excluding hydrogens is 570 g/mol. The predicted molar refractivity (Wildman–Crippen MR) is 163 cm³/mol. The number of amides is 4. The Morgan fingerprint density at radius 1 is 1.00 bits per heavy atom. The van der Waals surface area contributed by atoms with Crippen LogP contribution in [0.2, 0.25) is 0 Å². The maximum absolute atomic E-state index is 13.5. The van der Waals surface area contributed by atoms with Gasteiger partial charge in [0.1, 0.15) is 18.7 Å². The lowest BCUT2D eigenvalue weighted by Crippen LogP contribution is -2.57. The first-order valence-corrected chi connectivity index (χ1v) is 15.1. The first-order chi connectivity index (χ1) is 21.0. The number of aliphatic hydroxyl groups is 1. The molecule has 1 fully saturated rings. The topological polar surface area (TPSA) is 184 Å². The summed E-state index contributed by atoms with van der Waals surface area (Å²) in [4.78, 5) is 63.7. The molecule has 44 heavy (non-hydrogen) atoms. The second-order valence-electron chi connectivity index (χ2n) is 11.2. The second-order valence-corrected chi connectivity index (χ2v) is 11.2. The Bertz CT molecular complexity index is 1110. The molecule has 1 saturated heterocycles. The lowest BCUT2D eigenvalue weighted by Gasteiger charge is -2.26. The van der Waals surface area contributed by atoms with Gasteiger partial charge >= 0.3 is 12.1 Å². The van der Waals surface area contributed by atoms with Crippen molar-refractivity contribution in [2.24, 2.45) is 11.8 Å². The van der Waals surface area contributed by atoms with Crippen molar-refractivity contribution in [3.63, 3.8) is 0 Å². The van der Waals surface area contributed by atoms with Crippen molar-refractivity contribution in [3.05, 3.63) is 48.0 Å². The SMILES string of the molecule is CCOC(=O)C=C[C@H](C[C@@H]1CCNC1=O)NC(=O)[C@H](CC(C)C)NC(=O)[C@H](CNC[C@H](C)O)NC(=O)OCc1ccccc1. The van der Waals surface area contributed by atoms with Gasteiger partial charge in [-0.15, -0.1) is 0 Å². The van der Waals surface area contributed by atoms with Gasteiger partial charge in [-0.25, -0.2) is 9.59 Å². The molecule has 1 aromatic carbocycles. The van der Waals surface area contributed by atoms with Gasteiger partial charge in [0.05, 0.1) is 12.7 Å². The third kappa shape index (κ3) is 14.0. The van der Waals surface area contributed by atoms with Crippen LogP contribution >= 0.6 is 0 Å². The Balaban J connectivity index is 2.15. The first-order valence-electron chi connectivity index (χ1n) is 15.1. The average Bonchev–Trinajstić information content (AvgIpc) is 3.37. The maximum Gasteiger partial charge on any atom is 0.408 e. The number of aliphatic hydroxyl groups excluding tert-OH is 1. The molecular formula is C31H47N5O8. The van der Waals surface area contributed by atoms with Crippen molar-refractivity contribution in [2.45, 2.75) is 77.8 Å². The van der Waals surface area contributed by atoms with Gasteiger partial charge in [0.2, 0.25) is 17.7 Å². The van der Waals surface area contributed by atoms with Gasteiger partial charge in [-0.05, 0) is 44.6 Å². The molecule has 1 aliphatic heterocycles. The Labute approximate surface area is 258 Å². The first kappa shape index (κ1) is 36.2. The standard InChI is InChI=1S/C31H47N5O8/c1-5-43-27(38)12-11-24(16-23-13-14-33-28(23)39)34-29(40)25(15-20(2)3)35-30(41)26(18-32-17-21(4)37)36-31(42)44-19-22-9-7-6-8-10-22/h6-12,20-21,23-26,32,37H,5,13-19H2,1-4H3,(H,33,39)(H,34,40)(H,35,41)(H,36,42)/t21-,23-,24+,25-,26-/m0/s1. The Hall–Kier alpha value is -3.97. The summed E-state index contributed by atoms with van der Waals surface area (Å²) in [5.41, 5.74) is 0.770. The van der Waals surface area contributed by atoms with Crippen LogP contribution in [-0.4, -0.2) is 85.4 Å². The van der Waals surface area contributed by atoms with Crippen molar-refractivity contribution >= 4 is 29.8 Å². The largest absolute Gasteiger partial charge is 0.463 e. The fourth-order valence-electron chi connectivity index (χ4n) is 4.56. The molecule has 2 rings (SSSR count). The van der Waals surface area contributed by atoms with E-state index in [-0.39, 0.29) is 56.9 Å². The van der Waals surface area contributed by atoms with Crippen LogP contribution in [0.15, 0.2) is 42.5 Å². The molecule has 0 bridgehead atoms. The van der Waals surface area contributed by atoms with E-state index in [0.29, 0.717) is 13.0 Å². The monoisotopic (exact) mass is 617 g/mol. The maximum atomic E-state index is 13.5. The molecule has 244 valence electrons. The summed E-state index contributed by atoms with van der Waals surface area (Å²) in [5, 5.41) is 23.5. The van der Waals surface area contributed by atoms with Gasteiger partial charge in [0.15, 0.2) is 0 Å². The third-order valence-corrected chi connectivity index (χ3v) is 6.73. The minimum Gasteiger partial charge on any atom is -0.463 e. The van der Waals surface area contributed by atoms with Crippen molar-refractivity contribution in [3.8, 4) is 0 Å². The highest BCUT2D eigenvalue weighted by atomic mass is 16.5. The second kappa shape index (κ2) is 19.3. The van der Waals surface area contributed by atoms with E-state index in [1.807, 2.05) is 32.0 Å². The van der Waals surface area contributed by atoms with E-state index in [4.69, 9.17) is 9.47 Å². The smallest absolute Gasteiger partial charge is 0.408 e. The molecule has 1 aliphatic rings. The van der Waals surface area contributed by atoms with E-state index >= 15 is 0 Å². The number of carbonyl (C=O) groups excluding carboxylic acids is 5. The van der Waals surface area contributed by atoms with Crippen LogP contribution < -0.4 is 26.6 Å². The number of hydrogen-bond acceptors (Lipinski definition) is 9. The van der Waals surface area contributed by atoms with Crippen molar-refractivity contribution in [1.82, 2.24) is 26.6 Å². The van der Waals surface area contributed by atoms with Crippen molar-refractivity contribution in [2.75, 3.05) is 26.2 Å². The lowest BCUT2D eigenvalue weighted by molar-refractivity contribution is -0.137. The summed E-state index contributed by atoms with van der Waals surface area (Å²) in [6.45, 7) is 7.91. The Morgan fingerprint density at radius 2 is 1.70 bits per heavy atom. The molecule has 0 spiro atoms. The molecule has 0 aromatic heterocycles. The van der Waals surface area contributed by atoms with Crippen LogP contribution in [0.25, 0.3) is 0 Å². The average molecular weight is 618 g/mol. The predicted octanol–water partition coefficient (Wildman–Crippen LogP) is 0.913. The van der Waals surface area contributed by atoms with Gasteiger partial charge in [0, 0.05) is 37.7 Å².